The van der Waals surface area contributed by atoms with E-state index in [1.54, 1.807) is 35.8 Å². The molecule has 4 rings (SSSR count). The van der Waals surface area contributed by atoms with E-state index in [0.29, 0.717) is 26.2 Å². The molecule has 0 aromatic heterocycles. The number of carbonyl (C=O) groups is 3. The Balaban J connectivity index is 1.55. The van der Waals surface area contributed by atoms with E-state index in [1.165, 1.54) is 0 Å². The van der Waals surface area contributed by atoms with Crippen LogP contribution in [0.4, 0.5) is 0 Å². The Morgan fingerprint density at radius 1 is 1.10 bits per heavy atom. The number of ether oxygens (including phenoxy) is 2. The van der Waals surface area contributed by atoms with Gasteiger partial charge in [-0.2, -0.15) is 0 Å². The highest BCUT2D eigenvalue weighted by Gasteiger charge is 2.56. The van der Waals surface area contributed by atoms with E-state index < -0.39 is 17.5 Å². The van der Waals surface area contributed by atoms with Crippen molar-refractivity contribution in [2.75, 3.05) is 47.0 Å². The zero-order chi connectivity index (χ0) is 21.5. The van der Waals surface area contributed by atoms with Gasteiger partial charge in [-0.05, 0) is 37.5 Å². The summed E-state index contributed by atoms with van der Waals surface area (Å²) >= 11 is 0. The van der Waals surface area contributed by atoms with Crippen LogP contribution in [-0.2, 0) is 24.5 Å². The van der Waals surface area contributed by atoms with E-state index in [-0.39, 0.29) is 24.3 Å². The maximum absolute atomic E-state index is 13.6. The summed E-state index contributed by atoms with van der Waals surface area (Å²) in [7, 11) is 3.21. The molecule has 2 aliphatic heterocycles. The van der Waals surface area contributed by atoms with Crippen LogP contribution in [0, 0.1) is 0 Å². The molecule has 0 bridgehead atoms. The van der Waals surface area contributed by atoms with Gasteiger partial charge < -0.3 is 24.2 Å². The monoisotopic (exact) mass is 415 g/mol. The summed E-state index contributed by atoms with van der Waals surface area (Å²) in [4.78, 5) is 44.7. The third-order valence-electron chi connectivity index (χ3n) is 6.69. The molecule has 3 fully saturated rings. The summed E-state index contributed by atoms with van der Waals surface area (Å²) in [5, 5.41) is 0. The number of fused-ring (bicyclic) bond motifs is 1. The molecule has 2 heterocycles. The molecular weight excluding hydrogens is 386 g/mol. The van der Waals surface area contributed by atoms with Crippen molar-refractivity contribution in [1.82, 2.24) is 14.7 Å². The van der Waals surface area contributed by atoms with Crippen LogP contribution in [0.5, 0.6) is 5.75 Å². The van der Waals surface area contributed by atoms with E-state index in [1.807, 2.05) is 24.3 Å². The first-order valence-corrected chi connectivity index (χ1v) is 10.5. The van der Waals surface area contributed by atoms with Crippen molar-refractivity contribution in [3.8, 4) is 5.75 Å². The second-order valence-electron chi connectivity index (χ2n) is 8.31. The Morgan fingerprint density at radius 2 is 1.80 bits per heavy atom. The summed E-state index contributed by atoms with van der Waals surface area (Å²) in [6.07, 6.45) is 1.50. The number of carbonyl (C=O) groups excluding carboxylic acids is 3. The van der Waals surface area contributed by atoms with Crippen molar-refractivity contribution < 1.29 is 23.9 Å². The normalized spacial score (nSPS) is 25.2. The largest absolute Gasteiger partial charge is 0.497 e. The van der Waals surface area contributed by atoms with Gasteiger partial charge in [0.15, 0.2) is 0 Å². The van der Waals surface area contributed by atoms with Crippen LogP contribution in [0.25, 0.3) is 0 Å². The Bertz CT molecular complexity index is 836. The van der Waals surface area contributed by atoms with Crippen molar-refractivity contribution in [2.45, 2.75) is 37.3 Å². The molecule has 0 unspecified atom stereocenters. The summed E-state index contributed by atoms with van der Waals surface area (Å²) in [5.74, 6) is 0.425. The van der Waals surface area contributed by atoms with E-state index in [2.05, 4.69) is 0 Å². The first-order valence-electron chi connectivity index (χ1n) is 10.5. The van der Waals surface area contributed by atoms with Gasteiger partial charge in [-0.1, -0.05) is 12.1 Å². The molecule has 2 atom stereocenters. The second kappa shape index (κ2) is 7.91. The van der Waals surface area contributed by atoms with Crippen LogP contribution in [0.3, 0.4) is 0 Å². The Hall–Kier alpha value is -2.61. The third-order valence-corrected chi connectivity index (χ3v) is 6.69. The molecule has 1 aliphatic carbocycles. The predicted octanol–water partition coefficient (Wildman–Crippen LogP) is 0.643. The Kier molecular flexibility index (Phi) is 5.44. The first kappa shape index (κ1) is 20.7. The molecule has 0 radical (unpaired) electrons. The van der Waals surface area contributed by atoms with Gasteiger partial charge in [-0.25, -0.2) is 0 Å². The van der Waals surface area contributed by atoms with Crippen molar-refractivity contribution >= 4 is 17.7 Å². The van der Waals surface area contributed by atoms with E-state index in [0.717, 1.165) is 24.2 Å². The lowest BCUT2D eigenvalue weighted by molar-refractivity contribution is -0.166. The lowest BCUT2D eigenvalue weighted by atomic mass is 9.92. The quantitative estimate of drug-likeness (QED) is 0.682. The SMILES string of the molecule is COCCN1CCN2C(=O)[C@H](C)N(C(=O)C3(c4ccc(OC)cc4)CC3)C[C@H]2C1=O. The topological polar surface area (TPSA) is 79.4 Å². The van der Waals surface area contributed by atoms with Crippen LogP contribution in [0.15, 0.2) is 24.3 Å². The molecule has 8 heteroatoms. The van der Waals surface area contributed by atoms with E-state index in [4.69, 9.17) is 9.47 Å². The maximum Gasteiger partial charge on any atom is 0.247 e. The molecule has 1 saturated carbocycles. The van der Waals surface area contributed by atoms with Gasteiger partial charge in [0, 0.05) is 26.7 Å². The molecule has 1 aromatic carbocycles. The van der Waals surface area contributed by atoms with Crippen molar-refractivity contribution in [3.05, 3.63) is 29.8 Å². The van der Waals surface area contributed by atoms with Gasteiger partial charge in [-0.3, -0.25) is 14.4 Å². The van der Waals surface area contributed by atoms with E-state index >= 15 is 0 Å². The van der Waals surface area contributed by atoms with Crippen LogP contribution in [-0.4, -0.2) is 91.5 Å². The summed E-state index contributed by atoms with van der Waals surface area (Å²) in [6.45, 7) is 3.95. The summed E-state index contributed by atoms with van der Waals surface area (Å²) < 4.78 is 10.3. The summed E-state index contributed by atoms with van der Waals surface area (Å²) in [6, 6.07) is 6.37. The van der Waals surface area contributed by atoms with Gasteiger partial charge in [0.05, 0.1) is 25.7 Å². The van der Waals surface area contributed by atoms with E-state index in [9.17, 15) is 14.4 Å². The first-order chi connectivity index (χ1) is 14.4. The number of benzene rings is 1. The van der Waals surface area contributed by atoms with Crippen molar-refractivity contribution in [1.29, 1.82) is 0 Å². The molecule has 3 amide bonds. The smallest absolute Gasteiger partial charge is 0.247 e. The van der Waals surface area contributed by atoms with Crippen LogP contribution >= 0.6 is 0 Å². The highest BCUT2D eigenvalue weighted by atomic mass is 16.5. The van der Waals surface area contributed by atoms with Gasteiger partial charge in [0.1, 0.15) is 17.8 Å². The molecule has 0 N–H and O–H groups in total. The number of nitrogens with zero attached hydrogens (tertiary/aromatic N) is 3. The van der Waals surface area contributed by atoms with Crippen molar-refractivity contribution in [2.24, 2.45) is 0 Å². The molecule has 162 valence electrons. The molecular formula is C22H29N3O5. The number of methoxy groups -OCH3 is 2. The second-order valence-corrected chi connectivity index (χ2v) is 8.31. The average molecular weight is 415 g/mol. The zero-order valence-electron chi connectivity index (χ0n) is 17.8. The highest BCUT2D eigenvalue weighted by molar-refractivity contribution is 5.99. The molecule has 30 heavy (non-hydrogen) atoms. The lowest BCUT2D eigenvalue weighted by Gasteiger charge is -2.49. The van der Waals surface area contributed by atoms with Crippen LogP contribution in [0.2, 0.25) is 0 Å². The summed E-state index contributed by atoms with van der Waals surface area (Å²) in [5.41, 5.74) is 0.336. The van der Waals surface area contributed by atoms with Gasteiger partial charge >= 0.3 is 0 Å². The number of rotatable bonds is 6. The van der Waals surface area contributed by atoms with Crippen LogP contribution < -0.4 is 4.74 Å². The fourth-order valence-corrected chi connectivity index (χ4v) is 4.61. The fourth-order valence-electron chi connectivity index (χ4n) is 4.61. The molecule has 3 aliphatic rings. The molecule has 1 aromatic rings. The number of hydrogen-bond donors (Lipinski definition) is 0. The minimum Gasteiger partial charge on any atom is -0.497 e. The lowest BCUT2D eigenvalue weighted by Crippen LogP contribution is -2.70. The number of piperazine rings is 2. The highest BCUT2D eigenvalue weighted by Crippen LogP contribution is 2.50. The van der Waals surface area contributed by atoms with Gasteiger partial charge in [0.2, 0.25) is 17.7 Å². The number of amides is 3. The molecule has 2 saturated heterocycles. The predicted molar refractivity (Wildman–Crippen MR) is 109 cm³/mol. The Morgan fingerprint density at radius 3 is 2.40 bits per heavy atom. The fraction of sp³-hybridized carbons (Fsp3) is 0.591. The number of hydrogen-bond acceptors (Lipinski definition) is 5. The average Bonchev–Trinajstić information content (AvgIpc) is 3.57. The van der Waals surface area contributed by atoms with Crippen molar-refractivity contribution in [3.63, 3.8) is 0 Å². The maximum atomic E-state index is 13.6. The minimum atomic E-state index is -0.616. The molecule has 0 spiro atoms. The van der Waals surface area contributed by atoms with Gasteiger partial charge in [0.25, 0.3) is 0 Å². The molecule has 8 nitrogen and oxygen atoms in total. The zero-order valence-corrected chi connectivity index (χ0v) is 17.8. The van der Waals surface area contributed by atoms with Crippen LogP contribution in [0.1, 0.15) is 25.3 Å². The Labute approximate surface area is 176 Å². The third kappa shape index (κ3) is 3.33. The van der Waals surface area contributed by atoms with Gasteiger partial charge in [-0.15, -0.1) is 0 Å². The standard InChI is InChI=1S/C22H29N3O5/c1-15-19(26)24-11-10-23(12-13-29-2)20(27)18(24)14-25(15)21(28)22(8-9-22)16-4-6-17(30-3)7-5-16/h4-7,15,18H,8-14H2,1-3H3/t15-,18-/m0/s1. The minimum absolute atomic E-state index is 0.0602.